The first-order valence-electron chi connectivity index (χ1n) is 8.20. The molecule has 0 aromatic heterocycles. The summed E-state index contributed by atoms with van der Waals surface area (Å²) in [6.07, 6.45) is 6.36. The molecule has 0 amide bonds. The molecule has 22 heavy (non-hydrogen) atoms. The summed E-state index contributed by atoms with van der Waals surface area (Å²) in [5, 5.41) is 1.45. The molecule has 0 saturated heterocycles. The van der Waals surface area contributed by atoms with E-state index in [0.717, 1.165) is 5.29 Å². The SMILES string of the molecule is C[C@H](C1=CC=C/C1=[P+](/[O-])C(C)(C)C)P(C(C)(C)C)C(C)(C)C. The second-order valence-corrected chi connectivity index (χ2v) is 15.8. The van der Waals surface area contributed by atoms with E-state index in [2.05, 4.69) is 87.5 Å². The summed E-state index contributed by atoms with van der Waals surface area (Å²) >= 11 is 0. The van der Waals surface area contributed by atoms with E-state index in [1.165, 1.54) is 5.57 Å². The van der Waals surface area contributed by atoms with E-state index in [4.69, 9.17) is 0 Å². The fourth-order valence-electron chi connectivity index (χ4n) is 3.63. The van der Waals surface area contributed by atoms with Crippen molar-refractivity contribution in [3.63, 3.8) is 0 Å². The lowest BCUT2D eigenvalue weighted by atomic mass is 10.2. The van der Waals surface area contributed by atoms with Crippen molar-refractivity contribution in [3.05, 3.63) is 23.8 Å². The molecule has 3 heteroatoms. The molecule has 0 heterocycles. The maximum Gasteiger partial charge on any atom is 0.144 e. The number of rotatable bonds is 2. The molecule has 1 unspecified atom stereocenters. The van der Waals surface area contributed by atoms with E-state index in [1.54, 1.807) is 0 Å². The van der Waals surface area contributed by atoms with Gasteiger partial charge in [0, 0.05) is 11.2 Å². The first kappa shape index (κ1) is 20.1. The topological polar surface area (TPSA) is 23.1 Å². The van der Waals surface area contributed by atoms with Gasteiger partial charge in [0.05, 0.1) is 7.77 Å². The molecule has 1 aliphatic rings. The third-order valence-corrected chi connectivity index (χ3v) is 9.94. The molecule has 1 rings (SSSR count). The van der Waals surface area contributed by atoms with Crippen LogP contribution in [0.1, 0.15) is 69.2 Å². The maximum absolute atomic E-state index is 12.9. The molecule has 0 fully saturated rings. The van der Waals surface area contributed by atoms with Gasteiger partial charge in [0.25, 0.3) is 0 Å². The third kappa shape index (κ3) is 4.53. The molecule has 1 aliphatic carbocycles. The van der Waals surface area contributed by atoms with Gasteiger partial charge in [-0.15, -0.1) is 0 Å². The van der Waals surface area contributed by atoms with Crippen LogP contribution >= 0.6 is 15.7 Å². The monoisotopic (exact) mass is 340 g/mol. The lowest BCUT2D eigenvalue weighted by Gasteiger charge is -2.45. The summed E-state index contributed by atoms with van der Waals surface area (Å²) in [5.74, 6) is 0. The van der Waals surface area contributed by atoms with Crippen molar-refractivity contribution in [1.82, 2.24) is 0 Å². The summed E-state index contributed by atoms with van der Waals surface area (Å²) in [7, 11) is -1.63. The molecule has 0 saturated carbocycles. The van der Waals surface area contributed by atoms with Crippen LogP contribution in [0.3, 0.4) is 0 Å². The molecule has 126 valence electrons. The highest BCUT2D eigenvalue weighted by atomic mass is 31.1. The highest BCUT2D eigenvalue weighted by molar-refractivity contribution is 7.62. The van der Waals surface area contributed by atoms with Gasteiger partial charge in [-0.3, -0.25) is 0 Å². The van der Waals surface area contributed by atoms with Crippen molar-refractivity contribution < 1.29 is 4.89 Å². The molecule has 0 aromatic carbocycles. The van der Waals surface area contributed by atoms with Crippen LogP contribution in [0.25, 0.3) is 0 Å². The van der Waals surface area contributed by atoms with Crippen molar-refractivity contribution in [2.45, 2.75) is 90.4 Å². The lowest BCUT2D eigenvalue weighted by molar-refractivity contribution is -0.156. The van der Waals surface area contributed by atoms with Gasteiger partial charge in [-0.2, -0.15) is 0 Å². The fraction of sp³-hybridized carbons (Fsp3) is 0.737. The van der Waals surface area contributed by atoms with Crippen LogP contribution in [0.15, 0.2) is 23.8 Å². The largest absolute Gasteiger partial charge is 0.630 e. The van der Waals surface area contributed by atoms with Crippen molar-refractivity contribution in [2.24, 2.45) is 0 Å². The number of hydrogen-bond donors (Lipinski definition) is 0. The zero-order valence-corrected chi connectivity index (χ0v) is 17.9. The number of hydrogen-bond acceptors (Lipinski definition) is 1. The molecule has 0 radical (unpaired) electrons. The molecule has 0 spiro atoms. The average molecular weight is 340 g/mol. The van der Waals surface area contributed by atoms with Gasteiger partial charge >= 0.3 is 0 Å². The van der Waals surface area contributed by atoms with E-state index >= 15 is 0 Å². The molecule has 0 aromatic rings. The maximum atomic E-state index is 12.9. The minimum Gasteiger partial charge on any atom is -0.630 e. The standard InChI is InChI=1S/C19H34OP2/c1-14(21(17(2,3)4)18(5,6)7)15-12-11-13-16(15)22(20)19(8,9)10/h11-14H,1-10H3/t14-/m1/s1. The second-order valence-electron chi connectivity index (χ2n) is 9.22. The summed E-state index contributed by atoms with van der Waals surface area (Å²) in [5.41, 5.74) is 1.77. The number of allylic oxidation sites excluding steroid dienone is 4. The van der Waals surface area contributed by atoms with Gasteiger partial charge in [0.1, 0.15) is 10.4 Å². The van der Waals surface area contributed by atoms with Gasteiger partial charge in [0.15, 0.2) is 0 Å². The molecular weight excluding hydrogens is 306 g/mol. The molecule has 0 N–H and O–H groups in total. The average Bonchev–Trinajstić information content (AvgIpc) is 2.70. The van der Waals surface area contributed by atoms with E-state index in [-0.39, 0.29) is 23.4 Å². The van der Waals surface area contributed by atoms with Crippen LogP contribution < -0.4 is 4.89 Å². The van der Waals surface area contributed by atoms with Gasteiger partial charge in [-0.05, 0) is 37.2 Å². The van der Waals surface area contributed by atoms with E-state index in [9.17, 15) is 4.89 Å². The lowest BCUT2D eigenvalue weighted by Crippen LogP contribution is -2.32. The Morgan fingerprint density at radius 2 is 1.41 bits per heavy atom. The van der Waals surface area contributed by atoms with Gasteiger partial charge in [0.2, 0.25) is 0 Å². The minimum atomic E-state index is -1.37. The zero-order valence-electron chi connectivity index (χ0n) is 16.1. The van der Waals surface area contributed by atoms with Crippen LogP contribution in [0, 0.1) is 0 Å². The molecule has 1 nitrogen and oxygen atoms in total. The molecule has 0 aliphatic heterocycles. The summed E-state index contributed by atoms with van der Waals surface area (Å²) in [6.45, 7) is 22.7. The zero-order chi connectivity index (χ0) is 17.5. The van der Waals surface area contributed by atoms with Crippen molar-refractivity contribution >= 4 is 21.0 Å². The Morgan fingerprint density at radius 1 is 0.955 bits per heavy atom. The van der Waals surface area contributed by atoms with Gasteiger partial charge in [-0.1, -0.05) is 68.5 Å². The van der Waals surface area contributed by atoms with E-state index in [1.807, 2.05) is 0 Å². The molecular formula is C19H34OP2. The highest BCUT2D eigenvalue weighted by Crippen LogP contribution is 2.64. The predicted octanol–water partition coefficient (Wildman–Crippen LogP) is 5.68. The van der Waals surface area contributed by atoms with Gasteiger partial charge in [-0.25, -0.2) is 0 Å². The normalized spacial score (nSPS) is 20.5. The summed E-state index contributed by atoms with van der Waals surface area (Å²) in [4.78, 5) is 12.9. The minimum absolute atomic E-state index is 0.176. The Morgan fingerprint density at radius 3 is 1.77 bits per heavy atom. The second kappa shape index (κ2) is 6.51. The van der Waals surface area contributed by atoms with Crippen LogP contribution in [0.4, 0.5) is 0 Å². The van der Waals surface area contributed by atoms with Crippen LogP contribution in [-0.4, -0.2) is 26.4 Å². The van der Waals surface area contributed by atoms with Gasteiger partial charge < -0.3 is 4.89 Å². The Kier molecular flexibility index (Phi) is 5.94. The van der Waals surface area contributed by atoms with E-state index in [0.29, 0.717) is 5.66 Å². The van der Waals surface area contributed by atoms with Crippen molar-refractivity contribution in [2.75, 3.05) is 0 Å². The smallest absolute Gasteiger partial charge is 0.144 e. The Balaban J connectivity index is 3.30. The molecule has 0 bridgehead atoms. The molecule has 2 atom stereocenters. The first-order chi connectivity index (χ1) is 9.67. The Labute approximate surface area is 140 Å². The van der Waals surface area contributed by atoms with Crippen LogP contribution in [-0.2, 0) is 0 Å². The highest BCUT2D eigenvalue weighted by Gasteiger charge is 2.41. The Hall–Kier alpha value is 0.0400. The van der Waals surface area contributed by atoms with Crippen molar-refractivity contribution in [3.8, 4) is 0 Å². The first-order valence-corrected chi connectivity index (χ1v) is 10.9. The summed E-state index contributed by atoms with van der Waals surface area (Å²) in [6, 6.07) is 0. The fourth-order valence-corrected chi connectivity index (χ4v) is 10.0. The summed E-state index contributed by atoms with van der Waals surface area (Å²) < 4.78 is 0. The van der Waals surface area contributed by atoms with Crippen molar-refractivity contribution in [1.29, 1.82) is 0 Å². The van der Waals surface area contributed by atoms with Crippen LogP contribution in [0.2, 0.25) is 0 Å². The van der Waals surface area contributed by atoms with E-state index < -0.39 is 7.77 Å². The quantitative estimate of drug-likeness (QED) is 0.593. The Bertz CT molecular complexity index is 491. The van der Waals surface area contributed by atoms with Crippen LogP contribution in [0.5, 0.6) is 0 Å². The predicted molar refractivity (Wildman–Crippen MR) is 105 cm³/mol. The third-order valence-electron chi connectivity index (χ3n) is 3.94.